The molecule has 13 heavy (non-hydrogen) atoms. The van der Waals surface area contributed by atoms with Crippen LogP contribution in [0.1, 0.15) is 15.2 Å². The minimum absolute atomic E-state index is 0.368. The van der Waals surface area contributed by atoms with E-state index in [0.717, 1.165) is 5.56 Å². The van der Waals surface area contributed by atoms with Crippen LogP contribution in [0.25, 0.3) is 6.08 Å². The largest absolute Gasteiger partial charge is 0.465 e. The van der Waals surface area contributed by atoms with Crippen LogP contribution in [0, 0.1) is 11.3 Å². The summed E-state index contributed by atoms with van der Waals surface area (Å²) in [4.78, 5) is 11.7. The lowest BCUT2D eigenvalue weighted by Gasteiger charge is -1.95. The second-order valence-corrected chi connectivity index (χ2v) is 3.08. The molecule has 0 aliphatic carbocycles. The lowest BCUT2D eigenvalue weighted by Crippen LogP contribution is -1.99. The summed E-state index contributed by atoms with van der Waals surface area (Å²) in [5, 5.41) is 10.1. The number of hydrogen-bond donors (Lipinski definition) is 0. The van der Waals surface area contributed by atoms with Crippen LogP contribution in [-0.4, -0.2) is 13.1 Å². The van der Waals surface area contributed by atoms with Crippen molar-refractivity contribution in [3.8, 4) is 6.07 Å². The number of ether oxygens (including phenoxy) is 1. The maximum Gasteiger partial charge on any atom is 0.348 e. The minimum Gasteiger partial charge on any atom is -0.465 e. The van der Waals surface area contributed by atoms with Crippen molar-refractivity contribution in [2.75, 3.05) is 7.11 Å². The van der Waals surface area contributed by atoms with Gasteiger partial charge in [0.25, 0.3) is 0 Å². The Morgan fingerprint density at radius 3 is 3.15 bits per heavy atom. The Morgan fingerprint density at radius 2 is 2.54 bits per heavy atom. The molecule has 0 unspecified atom stereocenters. The van der Waals surface area contributed by atoms with Crippen molar-refractivity contribution in [2.24, 2.45) is 0 Å². The molecule has 4 heteroatoms. The normalized spacial score (nSPS) is 9.85. The third-order valence-corrected chi connectivity index (χ3v) is 2.31. The monoisotopic (exact) mass is 193 g/mol. The fourth-order valence-electron chi connectivity index (χ4n) is 0.836. The molecule has 0 amide bonds. The van der Waals surface area contributed by atoms with Gasteiger partial charge in [-0.05, 0) is 17.5 Å². The summed E-state index contributed by atoms with van der Waals surface area (Å²) < 4.78 is 4.57. The fourth-order valence-corrected chi connectivity index (χ4v) is 1.64. The van der Waals surface area contributed by atoms with Gasteiger partial charge in [0.15, 0.2) is 0 Å². The molecule has 0 spiro atoms. The molecule has 1 rings (SSSR count). The quantitative estimate of drug-likeness (QED) is 0.533. The van der Waals surface area contributed by atoms with Crippen LogP contribution in [0.15, 0.2) is 17.5 Å². The predicted molar refractivity (Wildman–Crippen MR) is 50.3 cm³/mol. The molecule has 0 atom stereocenters. The van der Waals surface area contributed by atoms with E-state index in [2.05, 4.69) is 4.74 Å². The Hall–Kier alpha value is -1.60. The Labute approximate surface area is 79.9 Å². The predicted octanol–water partition coefficient (Wildman–Crippen LogP) is 2.07. The highest BCUT2D eigenvalue weighted by molar-refractivity contribution is 7.12. The molecule has 0 N–H and O–H groups in total. The molecule has 66 valence electrons. The number of nitriles is 1. The molecule has 1 aromatic rings. The number of nitrogens with zero attached hydrogens (tertiary/aromatic N) is 1. The van der Waals surface area contributed by atoms with Gasteiger partial charge in [0.1, 0.15) is 4.88 Å². The highest BCUT2D eigenvalue weighted by atomic mass is 32.1. The van der Waals surface area contributed by atoms with Gasteiger partial charge < -0.3 is 4.74 Å². The van der Waals surface area contributed by atoms with E-state index in [0.29, 0.717) is 4.88 Å². The summed E-state index contributed by atoms with van der Waals surface area (Å²) in [5.41, 5.74) is 0.721. The number of hydrogen-bond acceptors (Lipinski definition) is 4. The molecule has 0 aromatic carbocycles. The first-order chi connectivity index (χ1) is 6.29. The number of methoxy groups -OCH3 is 1. The molecule has 0 fully saturated rings. The minimum atomic E-state index is -0.368. The first-order valence-corrected chi connectivity index (χ1v) is 4.39. The van der Waals surface area contributed by atoms with Gasteiger partial charge in [0.2, 0.25) is 0 Å². The summed E-state index contributed by atoms with van der Waals surface area (Å²) in [7, 11) is 1.33. The Bertz CT molecular complexity index is 373. The second kappa shape index (κ2) is 4.43. The molecular weight excluding hydrogens is 186 g/mol. The maximum absolute atomic E-state index is 11.1. The van der Waals surface area contributed by atoms with Gasteiger partial charge in [0, 0.05) is 11.6 Å². The second-order valence-electron chi connectivity index (χ2n) is 2.16. The van der Waals surface area contributed by atoms with Crippen LogP contribution in [-0.2, 0) is 4.74 Å². The zero-order valence-corrected chi connectivity index (χ0v) is 7.80. The zero-order valence-electron chi connectivity index (χ0n) is 6.98. The lowest BCUT2D eigenvalue weighted by molar-refractivity contribution is 0.0606. The van der Waals surface area contributed by atoms with Gasteiger partial charge in [-0.3, -0.25) is 0 Å². The van der Waals surface area contributed by atoms with Crippen molar-refractivity contribution in [1.29, 1.82) is 5.26 Å². The van der Waals surface area contributed by atoms with Crippen molar-refractivity contribution in [1.82, 2.24) is 0 Å². The number of rotatable bonds is 2. The van der Waals surface area contributed by atoms with Crippen molar-refractivity contribution in [3.05, 3.63) is 28.0 Å². The molecule has 0 bridgehead atoms. The van der Waals surface area contributed by atoms with E-state index in [-0.39, 0.29) is 5.97 Å². The van der Waals surface area contributed by atoms with E-state index >= 15 is 0 Å². The van der Waals surface area contributed by atoms with Crippen LogP contribution in [0.5, 0.6) is 0 Å². The van der Waals surface area contributed by atoms with E-state index in [4.69, 9.17) is 5.26 Å². The molecule has 1 heterocycles. The third-order valence-electron chi connectivity index (χ3n) is 1.40. The van der Waals surface area contributed by atoms with Crippen molar-refractivity contribution >= 4 is 23.4 Å². The average Bonchev–Trinajstić information content (AvgIpc) is 2.61. The van der Waals surface area contributed by atoms with Crippen molar-refractivity contribution < 1.29 is 9.53 Å². The number of carbonyl (C=O) groups excluding carboxylic acids is 1. The van der Waals surface area contributed by atoms with E-state index < -0.39 is 0 Å². The molecule has 0 aliphatic heterocycles. The standard InChI is InChI=1S/C9H7NO2S/c1-12-9(11)8-7(3-2-5-10)4-6-13-8/h2-4,6H,1H3/b3-2+. The molecular formula is C9H7NO2S. The highest BCUT2D eigenvalue weighted by Crippen LogP contribution is 2.18. The van der Waals surface area contributed by atoms with Gasteiger partial charge >= 0.3 is 5.97 Å². The highest BCUT2D eigenvalue weighted by Gasteiger charge is 2.10. The molecule has 1 aromatic heterocycles. The number of thiophene rings is 1. The zero-order chi connectivity index (χ0) is 9.68. The van der Waals surface area contributed by atoms with Crippen LogP contribution >= 0.6 is 11.3 Å². The molecule has 0 saturated heterocycles. The summed E-state index contributed by atoms with van der Waals surface area (Å²) in [6.07, 6.45) is 2.91. The van der Waals surface area contributed by atoms with Crippen molar-refractivity contribution in [2.45, 2.75) is 0 Å². The SMILES string of the molecule is COC(=O)c1sccc1/C=C/C#N. The number of allylic oxidation sites excluding steroid dienone is 1. The number of esters is 1. The number of carbonyl (C=O) groups is 1. The van der Waals surface area contributed by atoms with Crippen LogP contribution in [0.3, 0.4) is 0 Å². The lowest BCUT2D eigenvalue weighted by atomic mass is 10.2. The van der Waals surface area contributed by atoms with Gasteiger partial charge in [-0.25, -0.2) is 4.79 Å². The van der Waals surface area contributed by atoms with Crippen LogP contribution in [0.4, 0.5) is 0 Å². The molecule has 0 saturated carbocycles. The molecule has 0 radical (unpaired) electrons. The van der Waals surface area contributed by atoms with Gasteiger partial charge in [-0.1, -0.05) is 0 Å². The van der Waals surface area contributed by atoms with E-state index in [1.807, 2.05) is 6.07 Å². The van der Waals surface area contributed by atoms with Gasteiger partial charge in [-0.15, -0.1) is 11.3 Å². The summed E-state index contributed by atoms with van der Waals surface area (Å²) in [6, 6.07) is 3.63. The average molecular weight is 193 g/mol. The summed E-state index contributed by atoms with van der Waals surface area (Å²) >= 11 is 1.30. The summed E-state index contributed by atoms with van der Waals surface area (Å²) in [5.74, 6) is -0.368. The van der Waals surface area contributed by atoms with Gasteiger partial charge in [0.05, 0.1) is 13.2 Å². The fraction of sp³-hybridized carbons (Fsp3) is 0.111. The summed E-state index contributed by atoms with van der Waals surface area (Å²) in [6.45, 7) is 0. The van der Waals surface area contributed by atoms with Crippen LogP contribution in [0.2, 0.25) is 0 Å². The molecule has 3 nitrogen and oxygen atoms in total. The third kappa shape index (κ3) is 2.17. The van der Waals surface area contributed by atoms with E-state index in [1.54, 1.807) is 17.5 Å². The van der Waals surface area contributed by atoms with Gasteiger partial charge in [-0.2, -0.15) is 5.26 Å². The van der Waals surface area contributed by atoms with E-state index in [9.17, 15) is 4.79 Å². The first-order valence-electron chi connectivity index (χ1n) is 3.51. The Balaban J connectivity index is 2.97. The van der Waals surface area contributed by atoms with Crippen LogP contribution < -0.4 is 0 Å². The van der Waals surface area contributed by atoms with Crippen molar-refractivity contribution in [3.63, 3.8) is 0 Å². The first kappa shape index (κ1) is 9.49. The Morgan fingerprint density at radius 1 is 1.77 bits per heavy atom. The molecule has 0 aliphatic rings. The Kier molecular flexibility index (Phi) is 3.23. The van der Waals surface area contributed by atoms with E-state index in [1.165, 1.54) is 24.5 Å². The topological polar surface area (TPSA) is 50.1 Å². The smallest absolute Gasteiger partial charge is 0.348 e. The maximum atomic E-state index is 11.1.